The Balaban J connectivity index is 2.48. The molecule has 23 heavy (non-hydrogen) atoms. The van der Waals surface area contributed by atoms with Crippen LogP contribution in [0.1, 0.15) is 102 Å². The van der Waals surface area contributed by atoms with E-state index in [1.54, 1.807) is 0 Å². The zero-order chi connectivity index (χ0) is 16.8. The molecule has 2 heteroatoms. The second kappa shape index (κ2) is 13.5. The topological polar surface area (TPSA) is 25.8 Å². The summed E-state index contributed by atoms with van der Waals surface area (Å²) < 4.78 is 0. The first-order valence-electron chi connectivity index (χ1n) is 9.95. The largest absolute Gasteiger partial charge is 0.238 e. The first kappa shape index (κ1) is 20.1. The lowest BCUT2D eigenvalue weighted by Gasteiger charge is -2.08. The van der Waals surface area contributed by atoms with Gasteiger partial charge < -0.3 is 0 Å². The number of hydrogen-bond acceptors (Lipinski definition) is 2. The molecule has 0 spiro atoms. The summed E-state index contributed by atoms with van der Waals surface area (Å²) in [6.07, 6.45) is 17.2. The molecule has 0 aliphatic carbocycles. The Kier molecular flexibility index (Phi) is 11.8. The monoisotopic (exact) mass is 317 g/mol. The maximum absolute atomic E-state index is 4.75. The Labute approximate surface area is 144 Å². The molecule has 1 aromatic rings. The number of rotatable bonds is 14. The van der Waals surface area contributed by atoms with Crippen LogP contribution >= 0.6 is 0 Å². The average Bonchev–Trinajstić information content (AvgIpc) is 2.55. The minimum absolute atomic E-state index is 0.885. The molecular formula is C21H37N2. The molecule has 1 radical (unpaired) electrons. The van der Waals surface area contributed by atoms with Crippen molar-refractivity contribution < 1.29 is 0 Å². The van der Waals surface area contributed by atoms with Crippen LogP contribution in [0.4, 0.5) is 0 Å². The summed E-state index contributed by atoms with van der Waals surface area (Å²) in [5.41, 5.74) is 2.51. The predicted octanol–water partition coefficient (Wildman–Crippen LogP) is 6.27. The Morgan fingerprint density at radius 1 is 0.696 bits per heavy atom. The van der Waals surface area contributed by atoms with Crippen LogP contribution in [-0.2, 0) is 19.3 Å². The number of hydrogen-bond donors (Lipinski definition) is 0. The van der Waals surface area contributed by atoms with Gasteiger partial charge in [-0.15, -0.1) is 0 Å². The molecule has 0 amide bonds. The fraction of sp³-hybridized carbons (Fsp3) is 0.762. The summed E-state index contributed by atoms with van der Waals surface area (Å²) in [4.78, 5) is 9.50. The normalized spacial score (nSPS) is 11.1. The van der Waals surface area contributed by atoms with E-state index in [4.69, 9.17) is 9.97 Å². The van der Waals surface area contributed by atoms with Crippen LogP contribution in [0.15, 0.2) is 6.07 Å². The Bertz CT molecular complexity index is 369. The number of aromatic nitrogens is 2. The first-order chi connectivity index (χ1) is 11.3. The van der Waals surface area contributed by atoms with E-state index in [1.165, 1.54) is 75.6 Å². The molecule has 1 heterocycles. The van der Waals surface area contributed by atoms with Crippen molar-refractivity contribution in [1.29, 1.82) is 0 Å². The molecule has 1 rings (SSSR count). The van der Waals surface area contributed by atoms with Crippen molar-refractivity contribution >= 4 is 0 Å². The fourth-order valence-corrected chi connectivity index (χ4v) is 2.96. The zero-order valence-electron chi connectivity index (χ0n) is 15.6. The molecule has 1 aromatic heterocycles. The van der Waals surface area contributed by atoms with E-state index in [0.29, 0.717) is 0 Å². The Morgan fingerprint density at radius 3 is 1.61 bits per heavy atom. The van der Waals surface area contributed by atoms with Crippen LogP contribution in [0.5, 0.6) is 0 Å². The smallest absolute Gasteiger partial charge is 0.128 e. The van der Waals surface area contributed by atoms with Gasteiger partial charge in [0.1, 0.15) is 5.82 Å². The summed E-state index contributed by atoms with van der Waals surface area (Å²) in [6.45, 7) is 8.48. The quantitative estimate of drug-likeness (QED) is 0.378. The summed E-state index contributed by atoms with van der Waals surface area (Å²) in [7, 11) is 0. The highest BCUT2D eigenvalue weighted by Gasteiger charge is 2.05. The number of unbranched alkanes of at least 4 members (excludes halogenated alkanes) is 8. The maximum atomic E-state index is 4.75. The molecule has 0 aromatic carbocycles. The van der Waals surface area contributed by atoms with Gasteiger partial charge in [-0.05, 0) is 38.2 Å². The van der Waals surface area contributed by atoms with Gasteiger partial charge in [0.15, 0.2) is 0 Å². The summed E-state index contributed by atoms with van der Waals surface area (Å²) >= 11 is 0. The van der Waals surface area contributed by atoms with Crippen molar-refractivity contribution in [2.45, 2.75) is 104 Å². The average molecular weight is 318 g/mol. The van der Waals surface area contributed by atoms with E-state index in [1.807, 2.05) is 0 Å². The molecule has 0 saturated heterocycles. The second-order valence-electron chi connectivity index (χ2n) is 6.70. The van der Waals surface area contributed by atoms with Crippen molar-refractivity contribution in [3.8, 4) is 0 Å². The van der Waals surface area contributed by atoms with Crippen LogP contribution in [-0.4, -0.2) is 9.97 Å². The molecule has 0 aliphatic rings. The molecule has 0 fully saturated rings. The van der Waals surface area contributed by atoms with Gasteiger partial charge in [-0.3, -0.25) is 0 Å². The lowest BCUT2D eigenvalue weighted by atomic mass is 10.1. The van der Waals surface area contributed by atoms with Crippen molar-refractivity contribution in [3.05, 3.63) is 30.2 Å². The fourth-order valence-electron chi connectivity index (χ4n) is 2.96. The number of nitrogens with zero attached hydrogens (tertiary/aromatic N) is 2. The van der Waals surface area contributed by atoms with Crippen molar-refractivity contribution in [2.24, 2.45) is 0 Å². The van der Waals surface area contributed by atoms with E-state index >= 15 is 0 Å². The third-order valence-corrected chi connectivity index (χ3v) is 4.35. The molecule has 0 aliphatic heterocycles. The lowest BCUT2D eigenvalue weighted by Crippen LogP contribution is -2.04. The Morgan fingerprint density at radius 2 is 1.17 bits per heavy atom. The van der Waals surface area contributed by atoms with Crippen LogP contribution in [0.25, 0.3) is 0 Å². The second-order valence-corrected chi connectivity index (χ2v) is 6.70. The van der Waals surface area contributed by atoms with Gasteiger partial charge in [0.2, 0.25) is 0 Å². The van der Waals surface area contributed by atoms with Gasteiger partial charge in [0.25, 0.3) is 0 Å². The molecule has 0 bridgehead atoms. The van der Waals surface area contributed by atoms with E-state index in [2.05, 4.69) is 26.8 Å². The van der Waals surface area contributed by atoms with Crippen molar-refractivity contribution in [2.75, 3.05) is 0 Å². The molecule has 0 N–H and O–H groups in total. The zero-order valence-corrected chi connectivity index (χ0v) is 15.6. The summed E-state index contributed by atoms with van der Waals surface area (Å²) in [6, 6.07) is 2.26. The van der Waals surface area contributed by atoms with Crippen LogP contribution in [0, 0.1) is 6.92 Å². The van der Waals surface area contributed by atoms with Gasteiger partial charge in [0.05, 0.1) is 0 Å². The maximum Gasteiger partial charge on any atom is 0.128 e. The van der Waals surface area contributed by atoms with Gasteiger partial charge >= 0.3 is 0 Å². The van der Waals surface area contributed by atoms with Gasteiger partial charge in [-0.2, -0.15) is 0 Å². The minimum atomic E-state index is 0.885. The molecular weight excluding hydrogens is 280 g/mol. The van der Waals surface area contributed by atoms with Crippen molar-refractivity contribution in [1.82, 2.24) is 9.97 Å². The highest BCUT2D eigenvalue weighted by atomic mass is 14.9. The predicted molar refractivity (Wildman–Crippen MR) is 101 cm³/mol. The summed E-state index contributed by atoms with van der Waals surface area (Å²) in [5, 5.41) is 0. The highest BCUT2D eigenvalue weighted by molar-refractivity contribution is 5.12. The molecule has 131 valence electrons. The lowest BCUT2D eigenvalue weighted by molar-refractivity contribution is 0.617. The van der Waals surface area contributed by atoms with Crippen LogP contribution in [0.2, 0.25) is 0 Å². The standard InChI is InChI=1S/C21H37N2/c1-4-7-9-11-13-16-19-18-20(17-14-12-10-8-5-2)23-21(22-19)15-6-3/h18H,3-17H2,1-2H3. The third-order valence-electron chi connectivity index (χ3n) is 4.35. The summed E-state index contributed by atoms with van der Waals surface area (Å²) in [5.74, 6) is 1.01. The van der Waals surface area contributed by atoms with E-state index in [0.717, 1.165) is 31.5 Å². The van der Waals surface area contributed by atoms with Gasteiger partial charge in [-0.25, -0.2) is 9.97 Å². The SMILES string of the molecule is [CH2]CCc1nc(CCCCCCC)cc(CCCCCCC)n1. The van der Waals surface area contributed by atoms with Crippen LogP contribution < -0.4 is 0 Å². The van der Waals surface area contributed by atoms with E-state index < -0.39 is 0 Å². The molecule has 0 saturated carbocycles. The van der Waals surface area contributed by atoms with Gasteiger partial charge in [0, 0.05) is 17.8 Å². The molecule has 0 atom stereocenters. The first-order valence-corrected chi connectivity index (χ1v) is 9.95. The van der Waals surface area contributed by atoms with E-state index in [-0.39, 0.29) is 0 Å². The highest BCUT2D eigenvalue weighted by Crippen LogP contribution is 2.13. The number of aryl methyl sites for hydroxylation is 3. The third kappa shape index (κ3) is 9.73. The molecule has 0 unspecified atom stereocenters. The Hall–Kier alpha value is -0.920. The molecule has 2 nitrogen and oxygen atoms in total. The van der Waals surface area contributed by atoms with E-state index in [9.17, 15) is 0 Å². The van der Waals surface area contributed by atoms with Crippen LogP contribution in [0.3, 0.4) is 0 Å². The van der Waals surface area contributed by atoms with Crippen molar-refractivity contribution in [3.63, 3.8) is 0 Å². The minimum Gasteiger partial charge on any atom is -0.238 e. The van der Waals surface area contributed by atoms with Gasteiger partial charge in [-0.1, -0.05) is 72.1 Å².